The highest BCUT2D eigenvalue weighted by atomic mass is 127. The molecular weight excluding hydrogens is 250 g/mol. The van der Waals surface area contributed by atoms with E-state index in [4.69, 9.17) is 10.2 Å². The van der Waals surface area contributed by atoms with Crippen LogP contribution in [0.5, 0.6) is 11.5 Å². The fourth-order valence-corrected chi connectivity index (χ4v) is 0.872. The highest BCUT2D eigenvalue weighted by Crippen LogP contribution is 2.26. The van der Waals surface area contributed by atoms with Crippen LogP contribution in [0.3, 0.4) is 0 Å². The molecular formula is C6H4FIO2. The van der Waals surface area contributed by atoms with Crippen LogP contribution < -0.4 is 0 Å². The number of benzene rings is 1. The lowest BCUT2D eigenvalue weighted by Gasteiger charge is -1.98. The second kappa shape index (κ2) is 2.61. The maximum atomic E-state index is 12.5. The van der Waals surface area contributed by atoms with Gasteiger partial charge in [-0.25, -0.2) is 4.39 Å². The molecule has 0 saturated carbocycles. The van der Waals surface area contributed by atoms with Gasteiger partial charge < -0.3 is 10.2 Å². The van der Waals surface area contributed by atoms with E-state index in [0.29, 0.717) is 0 Å². The molecule has 0 heterocycles. The molecule has 0 aliphatic heterocycles. The molecule has 1 aromatic rings. The van der Waals surface area contributed by atoms with E-state index < -0.39 is 5.82 Å². The van der Waals surface area contributed by atoms with Gasteiger partial charge in [-0.1, -0.05) is 0 Å². The molecule has 2 nitrogen and oxygen atoms in total. The van der Waals surface area contributed by atoms with Gasteiger partial charge in [0.1, 0.15) is 17.3 Å². The normalized spacial score (nSPS) is 9.80. The molecule has 0 bridgehead atoms. The molecule has 4 heteroatoms. The first-order chi connectivity index (χ1) is 4.61. The minimum atomic E-state index is -0.613. The van der Waals surface area contributed by atoms with Crippen molar-refractivity contribution in [2.45, 2.75) is 0 Å². The summed E-state index contributed by atoms with van der Waals surface area (Å²) in [5.41, 5.74) is 0. The predicted molar refractivity (Wildman–Crippen MR) is 42.4 cm³/mol. The Labute approximate surface area is 70.4 Å². The fourth-order valence-electron chi connectivity index (χ4n) is 0.561. The van der Waals surface area contributed by atoms with E-state index in [1.54, 1.807) is 22.6 Å². The highest BCUT2D eigenvalue weighted by Gasteiger charge is 2.05. The number of phenolic OH excluding ortho intramolecular Hbond substituents is 2. The zero-order chi connectivity index (χ0) is 7.72. The molecule has 0 fully saturated rings. The molecule has 10 heavy (non-hydrogen) atoms. The van der Waals surface area contributed by atoms with E-state index in [1.807, 2.05) is 0 Å². The molecule has 1 rings (SSSR count). The third-order valence-corrected chi connectivity index (χ3v) is 2.06. The smallest absolute Gasteiger partial charge is 0.143 e. The molecule has 54 valence electrons. The summed E-state index contributed by atoms with van der Waals surface area (Å²) in [6.45, 7) is 0. The molecule has 2 N–H and O–H groups in total. The molecule has 0 radical (unpaired) electrons. The van der Waals surface area contributed by atoms with Gasteiger partial charge >= 0.3 is 0 Å². The van der Waals surface area contributed by atoms with Crippen molar-refractivity contribution < 1.29 is 14.6 Å². The average molecular weight is 254 g/mol. The Bertz CT molecular complexity index is 239. The topological polar surface area (TPSA) is 40.5 Å². The number of hydrogen-bond acceptors (Lipinski definition) is 2. The summed E-state index contributed by atoms with van der Waals surface area (Å²) < 4.78 is 12.6. The van der Waals surface area contributed by atoms with Crippen LogP contribution in [0.15, 0.2) is 12.1 Å². The monoisotopic (exact) mass is 254 g/mol. The van der Waals surface area contributed by atoms with Crippen LogP contribution in [-0.2, 0) is 0 Å². The first kappa shape index (κ1) is 7.59. The molecule has 0 aromatic heterocycles. The second-order valence-electron chi connectivity index (χ2n) is 1.76. The van der Waals surface area contributed by atoms with Gasteiger partial charge in [-0.3, -0.25) is 0 Å². The fraction of sp³-hybridized carbons (Fsp3) is 0. The van der Waals surface area contributed by atoms with Crippen molar-refractivity contribution in [3.05, 3.63) is 21.5 Å². The van der Waals surface area contributed by atoms with Gasteiger partial charge in [-0.2, -0.15) is 0 Å². The lowest BCUT2D eigenvalue weighted by atomic mass is 10.3. The molecule has 0 saturated heterocycles. The summed E-state index contributed by atoms with van der Waals surface area (Å²) in [5, 5.41) is 17.6. The molecule has 0 unspecified atom stereocenters. The second-order valence-corrected chi connectivity index (χ2v) is 2.84. The average Bonchev–Trinajstić information content (AvgIpc) is 1.82. The van der Waals surface area contributed by atoms with E-state index >= 15 is 0 Å². The summed E-state index contributed by atoms with van der Waals surface area (Å²) in [4.78, 5) is 0. The Kier molecular flexibility index (Phi) is 1.98. The van der Waals surface area contributed by atoms with E-state index in [1.165, 1.54) is 0 Å². The van der Waals surface area contributed by atoms with Crippen LogP contribution in [0.25, 0.3) is 0 Å². The third kappa shape index (κ3) is 1.31. The van der Waals surface area contributed by atoms with E-state index in [0.717, 1.165) is 12.1 Å². The van der Waals surface area contributed by atoms with Gasteiger partial charge in [0.05, 0.1) is 3.57 Å². The summed E-state index contributed by atoms with van der Waals surface area (Å²) in [6.07, 6.45) is 0. The Hall–Kier alpha value is -0.520. The molecule has 1 aromatic carbocycles. The van der Waals surface area contributed by atoms with Crippen LogP contribution in [0, 0.1) is 9.39 Å². The van der Waals surface area contributed by atoms with Crippen LogP contribution in [0.1, 0.15) is 0 Å². The zero-order valence-electron chi connectivity index (χ0n) is 4.81. The first-order valence-corrected chi connectivity index (χ1v) is 3.56. The van der Waals surface area contributed by atoms with E-state index in [9.17, 15) is 4.39 Å². The highest BCUT2D eigenvalue weighted by molar-refractivity contribution is 14.1. The summed E-state index contributed by atoms with van der Waals surface area (Å²) in [5.74, 6) is -1.12. The van der Waals surface area contributed by atoms with Crippen molar-refractivity contribution in [3.63, 3.8) is 0 Å². The number of halogens is 2. The molecule has 0 atom stereocenters. The molecule has 0 aliphatic rings. The van der Waals surface area contributed by atoms with E-state index in [2.05, 4.69) is 0 Å². The van der Waals surface area contributed by atoms with Gasteiger partial charge in [-0.05, 0) is 22.6 Å². The Morgan fingerprint density at radius 1 is 1.30 bits per heavy atom. The summed E-state index contributed by atoms with van der Waals surface area (Å²) in [6, 6.07) is 2.03. The maximum Gasteiger partial charge on any atom is 0.143 e. The van der Waals surface area contributed by atoms with Crippen molar-refractivity contribution in [1.29, 1.82) is 0 Å². The summed E-state index contributed by atoms with van der Waals surface area (Å²) in [7, 11) is 0. The Morgan fingerprint density at radius 2 is 1.90 bits per heavy atom. The van der Waals surface area contributed by atoms with Crippen LogP contribution in [0.4, 0.5) is 4.39 Å². The molecule has 0 amide bonds. The van der Waals surface area contributed by atoms with Crippen LogP contribution >= 0.6 is 22.6 Å². The minimum absolute atomic E-state index is 0.121. The molecule has 0 spiro atoms. The van der Waals surface area contributed by atoms with Crippen molar-refractivity contribution >= 4 is 22.6 Å². The van der Waals surface area contributed by atoms with Gasteiger partial charge in [0.2, 0.25) is 0 Å². The van der Waals surface area contributed by atoms with Crippen molar-refractivity contribution in [2.75, 3.05) is 0 Å². The Balaban J connectivity index is 3.31. The van der Waals surface area contributed by atoms with Crippen molar-refractivity contribution in [2.24, 2.45) is 0 Å². The summed E-state index contributed by atoms with van der Waals surface area (Å²) >= 11 is 1.65. The third-order valence-electron chi connectivity index (χ3n) is 0.994. The van der Waals surface area contributed by atoms with Gasteiger partial charge in [0.25, 0.3) is 0 Å². The van der Waals surface area contributed by atoms with Crippen LogP contribution in [0.2, 0.25) is 0 Å². The van der Waals surface area contributed by atoms with Gasteiger partial charge in [-0.15, -0.1) is 0 Å². The van der Waals surface area contributed by atoms with Crippen LogP contribution in [-0.4, -0.2) is 10.2 Å². The minimum Gasteiger partial charge on any atom is -0.508 e. The Morgan fingerprint density at radius 3 is 2.40 bits per heavy atom. The standard InChI is InChI=1S/C6H4FIO2/c7-4-1-3(9)2-5(10)6(4)8/h1-2,9-10H. The zero-order valence-corrected chi connectivity index (χ0v) is 6.96. The van der Waals surface area contributed by atoms with Crippen molar-refractivity contribution in [1.82, 2.24) is 0 Å². The van der Waals surface area contributed by atoms with E-state index in [-0.39, 0.29) is 15.1 Å². The molecule has 0 aliphatic carbocycles. The van der Waals surface area contributed by atoms with Gasteiger partial charge in [0, 0.05) is 12.1 Å². The van der Waals surface area contributed by atoms with Crippen molar-refractivity contribution in [3.8, 4) is 11.5 Å². The lowest BCUT2D eigenvalue weighted by Crippen LogP contribution is -1.80. The number of hydrogen-bond donors (Lipinski definition) is 2. The SMILES string of the molecule is Oc1cc(O)c(I)c(F)c1. The maximum absolute atomic E-state index is 12.5. The number of aromatic hydroxyl groups is 2. The lowest BCUT2D eigenvalue weighted by molar-refractivity contribution is 0.437. The quantitative estimate of drug-likeness (QED) is 0.693. The number of phenols is 2. The largest absolute Gasteiger partial charge is 0.508 e. The first-order valence-electron chi connectivity index (χ1n) is 2.48. The van der Waals surface area contributed by atoms with Gasteiger partial charge in [0.15, 0.2) is 0 Å². The number of rotatable bonds is 0. The predicted octanol–water partition coefficient (Wildman–Crippen LogP) is 1.84.